The first-order valence-electron chi connectivity index (χ1n) is 13.8. The molecule has 0 aromatic heterocycles. The van der Waals surface area contributed by atoms with E-state index in [2.05, 4.69) is 81.2 Å². The van der Waals surface area contributed by atoms with E-state index in [1.807, 2.05) is 55.6 Å². The van der Waals surface area contributed by atoms with Gasteiger partial charge in [-0.25, -0.2) is 0 Å². The molecule has 1 aromatic rings. The lowest BCUT2D eigenvalue weighted by atomic mass is 9.96. The molecule has 0 unspecified atom stereocenters. The molecule has 34 heavy (non-hydrogen) atoms. The Hall–Kier alpha value is -2.02. The van der Waals surface area contributed by atoms with E-state index in [0.717, 1.165) is 5.92 Å². The Balaban J connectivity index is 0. The van der Waals surface area contributed by atoms with Gasteiger partial charge in [0.2, 0.25) is 0 Å². The number of rotatable bonds is 2. The molecule has 0 N–H and O–H groups in total. The number of aryl methyl sites for hydroxylation is 1. The average Bonchev–Trinajstić information content (AvgIpc) is 3.72. The third-order valence-corrected chi connectivity index (χ3v) is 5.61. The zero-order valence-electron chi connectivity index (χ0n) is 24.9. The van der Waals surface area contributed by atoms with Crippen LogP contribution in [0.25, 0.3) is 0 Å². The summed E-state index contributed by atoms with van der Waals surface area (Å²) in [5.41, 5.74) is 8.84. The number of benzene rings is 1. The van der Waals surface area contributed by atoms with E-state index >= 15 is 0 Å². The lowest BCUT2D eigenvalue weighted by Crippen LogP contribution is -2.07. The summed E-state index contributed by atoms with van der Waals surface area (Å²) in [6.45, 7) is 20.7. The molecule has 0 spiro atoms. The summed E-state index contributed by atoms with van der Waals surface area (Å²) in [4.78, 5) is 2.10. The van der Waals surface area contributed by atoms with Gasteiger partial charge in [0.25, 0.3) is 0 Å². The molecule has 0 heterocycles. The number of anilines is 1. The molecule has 0 aliphatic heterocycles. The Kier molecular flexibility index (Phi) is 21.6. The molecule has 0 radical (unpaired) electrons. The second-order valence-corrected chi connectivity index (χ2v) is 8.78. The van der Waals surface area contributed by atoms with Crippen molar-refractivity contribution in [1.29, 1.82) is 0 Å². The summed E-state index contributed by atoms with van der Waals surface area (Å²) in [5.74, 6) is 0.990. The number of hydrogen-bond acceptors (Lipinski definition) is 1. The Morgan fingerprint density at radius 3 is 1.24 bits per heavy atom. The lowest BCUT2D eigenvalue weighted by Gasteiger charge is -2.11. The van der Waals surface area contributed by atoms with Crippen LogP contribution < -0.4 is 4.90 Å². The van der Waals surface area contributed by atoms with Crippen LogP contribution in [0.15, 0.2) is 70.9 Å². The van der Waals surface area contributed by atoms with Crippen LogP contribution in [0.5, 0.6) is 0 Å². The highest BCUT2D eigenvalue weighted by molar-refractivity contribution is 5.45. The zero-order chi connectivity index (χ0) is 26.5. The van der Waals surface area contributed by atoms with Gasteiger partial charge in [0.05, 0.1) is 0 Å². The SMILES string of the molecule is CC.CC.CC.CC1=CC=C(C)CC1.CC1=CC=C(C2CC2)CC1.Cc1ccc(N(C)C)cc1. The second-order valence-electron chi connectivity index (χ2n) is 8.78. The van der Waals surface area contributed by atoms with Gasteiger partial charge in [-0.3, -0.25) is 0 Å². The monoisotopic (exact) mass is 467 g/mol. The molecular weight excluding hydrogens is 410 g/mol. The topological polar surface area (TPSA) is 3.24 Å². The third kappa shape index (κ3) is 16.6. The number of hydrogen-bond donors (Lipinski definition) is 0. The zero-order valence-corrected chi connectivity index (χ0v) is 24.9. The maximum Gasteiger partial charge on any atom is 0.0361 e. The van der Waals surface area contributed by atoms with Gasteiger partial charge >= 0.3 is 0 Å². The van der Waals surface area contributed by atoms with E-state index in [1.165, 1.54) is 60.9 Å². The molecule has 0 saturated heterocycles. The molecule has 1 saturated carbocycles. The van der Waals surface area contributed by atoms with E-state index < -0.39 is 0 Å². The van der Waals surface area contributed by atoms with Gasteiger partial charge in [0.1, 0.15) is 0 Å². The smallest absolute Gasteiger partial charge is 0.0361 e. The van der Waals surface area contributed by atoms with Gasteiger partial charge in [-0.15, -0.1) is 0 Å². The van der Waals surface area contributed by atoms with Crippen LogP contribution >= 0.6 is 0 Å². The average molecular weight is 468 g/mol. The van der Waals surface area contributed by atoms with E-state index in [4.69, 9.17) is 0 Å². The van der Waals surface area contributed by atoms with Crippen LogP contribution in [0, 0.1) is 12.8 Å². The first-order chi connectivity index (χ1) is 16.3. The normalized spacial score (nSPS) is 15.5. The molecule has 0 bridgehead atoms. The van der Waals surface area contributed by atoms with Gasteiger partial charge in [-0.1, -0.05) is 106 Å². The molecule has 0 amide bonds. The molecule has 1 aromatic carbocycles. The second kappa shape index (κ2) is 21.5. The summed E-state index contributed by atoms with van der Waals surface area (Å²) >= 11 is 0. The Morgan fingerprint density at radius 2 is 0.941 bits per heavy atom. The van der Waals surface area contributed by atoms with Crippen LogP contribution in [0.2, 0.25) is 0 Å². The summed E-state index contributed by atoms with van der Waals surface area (Å²) < 4.78 is 0. The summed E-state index contributed by atoms with van der Waals surface area (Å²) in [5, 5.41) is 0. The highest BCUT2D eigenvalue weighted by atomic mass is 15.1. The van der Waals surface area contributed by atoms with Crippen LogP contribution in [-0.4, -0.2) is 14.1 Å². The standard InChI is InChI=1S/C10H14.C9H13N.C8H12.3C2H6/c1-8-2-4-9(5-3-8)10-6-7-10;1-8-4-6-9(7-5-8)10(2)3;1-7-3-5-8(2)6-4-7;3*1-2/h2,4,10H,3,5-7H2,1H3;4-7H,1-3H3;3,5H,4,6H2,1-2H3;3*1-2H3. The van der Waals surface area contributed by atoms with Crippen molar-refractivity contribution in [3.63, 3.8) is 0 Å². The molecule has 1 nitrogen and oxygen atoms in total. The largest absolute Gasteiger partial charge is 0.378 e. The first-order valence-corrected chi connectivity index (χ1v) is 13.8. The van der Waals surface area contributed by atoms with Crippen molar-refractivity contribution >= 4 is 5.69 Å². The Morgan fingerprint density at radius 1 is 0.559 bits per heavy atom. The minimum absolute atomic E-state index is 0.990. The molecule has 1 heteroatoms. The maximum absolute atomic E-state index is 2.34. The predicted molar refractivity (Wildman–Crippen MR) is 160 cm³/mol. The van der Waals surface area contributed by atoms with Crippen molar-refractivity contribution in [2.45, 2.75) is 108 Å². The Labute approximate surface area is 214 Å². The minimum atomic E-state index is 0.990. The van der Waals surface area contributed by atoms with E-state index in [1.54, 1.807) is 11.1 Å². The number of nitrogens with zero attached hydrogens (tertiary/aromatic N) is 1. The minimum Gasteiger partial charge on any atom is -0.378 e. The fourth-order valence-corrected chi connectivity index (χ4v) is 3.24. The lowest BCUT2D eigenvalue weighted by molar-refractivity contribution is 0.821. The summed E-state index contributed by atoms with van der Waals surface area (Å²) in [7, 11) is 4.09. The summed E-state index contributed by atoms with van der Waals surface area (Å²) in [6.07, 6.45) is 17.1. The van der Waals surface area contributed by atoms with Crippen molar-refractivity contribution in [2.75, 3.05) is 19.0 Å². The number of allylic oxidation sites excluding steroid dienone is 8. The molecule has 3 aliphatic rings. The van der Waals surface area contributed by atoms with Crippen molar-refractivity contribution < 1.29 is 0 Å². The third-order valence-electron chi connectivity index (χ3n) is 5.61. The first kappa shape index (κ1) is 34.1. The van der Waals surface area contributed by atoms with Gasteiger partial charge in [0.15, 0.2) is 0 Å². The molecule has 4 rings (SSSR count). The fraction of sp³-hybridized carbons (Fsp3) is 0.576. The van der Waals surface area contributed by atoms with Gasteiger partial charge in [0, 0.05) is 19.8 Å². The van der Waals surface area contributed by atoms with Crippen molar-refractivity contribution in [2.24, 2.45) is 5.92 Å². The Bertz CT molecular complexity index is 719. The highest BCUT2D eigenvalue weighted by Gasteiger charge is 2.25. The van der Waals surface area contributed by atoms with Crippen molar-refractivity contribution in [3.8, 4) is 0 Å². The highest BCUT2D eigenvalue weighted by Crippen LogP contribution is 2.40. The summed E-state index contributed by atoms with van der Waals surface area (Å²) in [6, 6.07) is 8.48. The van der Waals surface area contributed by atoms with Crippen LogP contribution in [-0.2, 0) is 0 Å². The van der Waals surface area contributed by atoms with E-state index in [0.29, 0.717) is 0 Å². The molecule has 0 atom stereocenters. The van der Waals surface area contributed by atoms with Crippen LogP contribution in [0.4, 0.5) is 5.69 Å². The predicted octanol–water partition coefficient (Wildman–Crippen LogP) is 10.9. The molecule has 1 fully saturated rings. The molecule has 194 valence electrons. The van der Waals surface area contributed by atoms with Crippen molar-refractivity contribution in [1.82, 2.24) is 0 Å². The van der Waals surface area contributed by atoms with Gasteiger partial charge in [-0.05, 0) is 84.3 Å². The van der Waals surface area contributed by atoms with E-state index in [-0.39, 0.29) is 0 Å². The molecule has 3 aliphatic carbocycles. The van der Waals surface area contributed by atoms with Gasteiger partial charge < -0.3 is 4.90 Å². The van der Waals surface area contributed by atoms with Crippen molar-refractivity contribution in [3.05, 3.63) is 76.4 Å². The maximum atomic E-state index is 2.34. The quantitative estimate of drug-likeness (QED) is 0.418. The van der Waals surface area contributed by atoms with Crippen LogP contribution in [0.1, 0.15) is 106 Å². The van der Waals surface area contributed by atoms with E-state index in [9.17, 15) is 0 Å². The molecular formula is C33H57N. The van der Waals surface area contributed by atoms with Gasteiger partial charge in [-0.2, -0.15) is 0 Å². The fourth-order valence-electron chi connectivity index (χ4n) is 3.24. The van der Waals surface area contributed by atoms with Crippen LogP contribution in [0.3, 0.4) is 0 Å².